The molecule has 0 aliphatic rings. The van der Waals surface area contributed by atoms with E-state index in [2.05, 4.69) is 11.9 Å². The van der Waals surface area contributed by atoms with Crippen LogP contribution in [0.3, 0.4) is 0 Å². The second-order valence-electron chi connectivity index (χ2n) is 2.67. The summed E-state index contributed by atoms with van der Waals surface area (Å²) in [4.78, 5) is 21.6. The number of likely N-dealkylation sites (N-methyl/N-ethyl adjacent to an activating group) is 1. The summed E-state index contributed by atoms with van der Waals surface area (Å²) in [5.74, 6) is -0.853. The van der Waals surface area contributed by atoms with Crippen molar-refractivity contribution in [3.63, 3.8) is 0 Å². The maximum atomic E-state index is 10.8. The number of carbonyl (C=O) groups excluding carboxylic acids is 2. The molecule has 0 aliphatic heterocycles. The fourth-order valence-electron chi connectivity index (χ4n) is 0.608. The average Bonchev–Trinajstić information content (AvgIpc) is 2.12. The fraction of sp³-hybridized carbons (Fsp3) is 0.556. The van der Waals surface area contributed by atoms with Gasteiger partial charge in [0.2, 0.25) is 0 Å². The van der Waals surface area contributed by atoms with Gasteiger partial charge in [-0.05, 0) is 14.0 Å². The first kappa shape index (κ1) is 12.6. The van der Waals surface area contributed by atoms with E-state index in [4.69, 9.17) is 9.47 Å². The Morgan fingerprint density at radius 1 is 1.29 bits per heavy atom. The number of carbonyl (C=O) groups is 2. The molecule has 0 saturated carbocycles. The van der Waals surface area contributed by atoms with Gasteiger partial charge in [-0.15, -0.1) is 0 Å². The van der Waals surface area contributed by atoms with Crippen LogP contribution in [-0.4, -0.2) is 38.7 Å². The van der Waals surface area contributed by atoms with Crippen LogP contribution in [0.25, 0.3) is 0 Å². The standard InChI is InChI=1S/C9H15NO4/c1-7(2)9(12)14-5-4-13-8(11)6-10-3/h10H,1,4-6H2,2-3H3. The smallest absolute Gasteiger partial charge is 0.333 e. The van der Waals surface area contributed by atoms with Crippen LogP contribution in [0.5, 0.6) is 0 Å². The van der Waals surface area contributed by atoms with Gasteiger partial charge >= 0.3 is 11.9 Å². The van der Waals surface area contributed by atoms with Crippen LogP contribution in [-0.2, 0) is 19.1 Å². The third-order valence-electron chi connectivity index (χ3n) is 1.25. The molecule has 0 aliphatic carbocycles. The Labute approximate surface area is 83.1 Å². The van der Waals surface area contributed by atoms with E-state index >= 15 is 0 Å². The highest BCUT2D eigenvalue weighted by molar-refractivity contribution is 5.86. The minimum Gasteiger partial charge on any atom is -0.461 e. The summed E-state index contributed by atoms with van der Waals surface area (Å²) in [5, 5.41) is 2.64. The molecule has 0 heterocycles. The third-order valence-corrected chi connectivity index (χ3v) is 1.25. The van der Waals surface area contributed by atoms with Crippen molar-refractivity contribution in [1.82, 2.24) is 5.32 Å². The fourth-order valence-corrected chi connectivity index (χ4v) is 0.608. The van der Waals surface area contributed by atoms with Gasteiger partial charge in [-0.1, -0.05) is 6.58 Å². The first-order chi connectivity index (χ1) is 6.57. The Morgan fingerprint density at radius 3 is 2.36 bits per heavy atom. The van der Waals surface area contributed by atoms with Gasteiger partial charge in [0.25, 0.3) is 0 Å². The van der Waals surface area contributed by atoms with Crippen LogP contribution in [0, 0.1) is 0 Å². The van der Waals surface area contributed by atoms with Gasteiger partial charge in [-0.25, -0.2) is 4.79 Å². The molecule has 5 heteroatoms. The Kier molecular flexibility index (Phi) is 6.39. The van der Waals surface area contributed by atoms with Crippen LogP contribution in [0.2, 0.25) is 0 Å². The molecule has 0 saturated heterocycles. The van der Waals surface area contributed by atoms with Crippen LogP contribution >= 0.6 is 0 Å². The van der Waals surface area contributed by atoms with Gasteiger partial charge in [-0.3, -0.25) is 4.79 Å². The van der Waals surface area contributed by atoms with Crippen LogP contribution in [0.4, 0.5) is 0 Å². The molecule has 0 fully saturated rings. The van der Waals surface area contributed by atoms with Crippen molar-refractivity contribution >= 4 is 11.9 Å². The van der Waals surface area contributed by atoms with Gasteiger partial charge in [0.15, 0.2) is 0 Å². The van der Waals surface area contributed by atoms with Crippen molar-refractivity contribution in [1.29, 1.82) is 0 Å². The van der Waals surface area contributed by atoms with E-state index in [1.165, 1.54) is 0 Å². The predicted molar refractivity (Wildman–Crippen MR) is 50.7 cm³/mol. The van der Waals surface area contributed by atoms with E-state index in [1.807, 2.05) is 0 Å². The minimum atomic E-state index is -0.477. The molecule has 0 unspecified atom stereocenters. The number of rotatable bonds is 6. The van der Waals surface area contributed by atoms with Crippen molar-refractivity contribution in [2.75, 3.05) is 26.8 Å². The predicted octanol–water partition coefficient (Wildman–Crippen LogP) is -0.132. The first-order valence-corrected chi connectivity index (χ1v) is 4.20. The molecule has 0 aromatic carbocycles. The molecule has 0 rings (SSSR count). The highest BCUT2D eigenvalue weighted by Gasteiger charge is 2.04. The maximum absolute atomic E-state index is 10.8. The lowest BCUT2D eigenvalue weighted by Gasteiger charge is -2.05. The van der Waals surface area contributed by atoms with Crippen LogP contribution in [0.15, 0.2) is 12.2 Å². The third kappa shape index (κ3) is 6.19. The number of hydrogen-bond donors (Lipinski definition) is 1. The Balaban J connectivity index is 3.42. The summed E-state index contributed by atoms with van der Waals surface area (Å²) in [5.41, 5.74) is 0.326. The molecule has 0 spiro atoms. The zero-order valence-corrected chi connectivity index (χ0v) is 8.46. The highest BCUT2D eigenvalue weighted by atomic mass is 16.6. The molecule has 0 aromatic rings. The average molecular weight is 201 g/mol. The number of nitrogens with one attached hydrogen (secondary N) is 1. The summed E-state index contributed by atoms with van der Waals surface area (Å²) < 4.78 is 9.40. The highest BCUT2D eigenvalue weighted by Crippen LogP contribution is 1.91. The summed E-state index contributed by atoms with van der Waals surface area (Å²) in [6.07, 6.45) is 0. The lowest BCUT2D eigenvalue weighted by Crippen LogP contribution is -2.23. The molecule has 0 amide bonds. The van der Waals surface area contributed by atoms with E-state index in [-0.39, 0.29) is 25.7 Å². The summed E-state index contributed by atoms with van der Waals surface area (Å²) in [6.45, 7) is 5.23. The summed E-state index contributed by atoms with van der Waals surface area (Å²) >= 11 is 0. The molecular weight excluding hydrogens is 186 g/mol. The molecule has 80 valence electrons. The quantitative estimate of drug-likeness (QED) is 0.368. The molecule has 0 atom stereocenters. The Morgan fingerprint density at radius 2 is 1.86 bits per heavy atom. The topological polar surface area (TPSA) is 64.6 Å². The summed E-state index contributed by atoms with van der Waals surface area (Å²) in [6, 6.07) is 0. The van der Waals surface area contributed by atoms with E-state index in [1.54, 1.807) is 14.0 Å². The van der Waals surface area contributed by atoms with Gasteiger partial charge in [-0.2, -0.15) is 0 Å². The van der Waals surface area contributed by atoms with E-state index in [0.29, 0.717) is 5.57 Å². The van der Waals surface area contributed by atoms with Gasteiger partial charge in [0.1, 0.15) is 13.2 Å². The van der Waals surface area contributed by atoms with E-state index in [9.17, 15) is 9.59 Å². The first-order valence-electron chi connectivity index (χ1n) is 4.20. The second-order valence-corrected chi connectivity index (χ2v) is 2.67. The zero-order valence-electron chi connectivity index (χ0n) is 8.46. The maximum Gasteiger partial charge on any atom is 0.333 e. The van der Waals surface area contributed by atoms with Crippen molar-refractivity contribution < 1.29 is 19.1 Å². The van der Waals surface area contributed by atoms with Gasteiger partial charge in [0, 0.05) is 5.57 Å². The molecule has 0 bridgehead atoms. The molecular formula is C9H15NO4. The number of ether oxygens (including phenoxy) is 2. The largest absolute Gasteiger partial charge is 0.461 e. The van der Waals surface area contributed by atoms with Crippen molar-refractivity contribution in [3.8, 4) is 0 Å². The monoisotopic (exact) mass is 201 g/mol. The van der Waals surface area contributed by atoms with Gasteiger partial charge < -0.3 is 14.8 Å². The molecule has 14 heavy (non-hydrogen) atoms. The molecule has 1 N–H and O–H groups in total. The van der Waals surface area contributed by atoms with Crippen molar-refractivity contribution in [2.24, 2.45) is 0 Å². The van der Waals surface area contributed by atoms with Crippen molar-refractivity contribution in [2.45, 2.75) is 6.92 Å². The molecule has 5 nitrogen and oxygen atoms in total. The van der Waals surface area contributed by atoms with E-state index < -0.39 is 5.97 Å². The normalized spacial score (nSPS) is 9.29. The van der Waals surface area contributed by atoms with Crippen molar-refractivity contribution in [3.05, 3.63) is 12.2 Å². The lowest BCUT2D eigenvalue weighted by atomic mass is 10.4. The molecule has 0 aromatic heterocycles. The molecule has 0 radical (unpaired) electrons. The zero-order chi connectivity index (χ0) is 11.0. The van der Waals surface area contributed by atoms with Crippen LogP contribution < -0.4 is 5.32 Å². The van der Waals surface area contributed by atoms with Gasteiger partial charge in [0.05, 0.1) is 6.54 Å². The Bertz CT molecular complexity index is 225. The minimum absolute atomic E-state index is 0.0567. The SMILES string of the molecule is C=C(C)C(=O)OCCOC(=O)CNC. The Hall–Kier alpha value is -1.36. The van der Waals surface area contributed by atoms with Crippen LogP contribution in [0.1, 0.15) is 6.92 Å². The summed E-state index contributed by atoms with van der Waals surface area (Å²) in [7, 11) is 1.64. The second kappa shape index (κ2) is 7.08. The number of esters is 2. The number of hydrogen-bond acceptors (Lipinski definition) is 5. The lowest BCUT2D eigenvalue weighted by molar-refractivity contribution is -0.149. The van der Waals surface area contributed by atoms with E-state index in [0.717, 1.165) is 0 Å².